The van der Waals surface area contributed by atoms with Crippen molar-refractivity contribution in [3.05, 3.63) is 28.8 Å². The molecule has 0 aromatic heterocycles. The van der Waals surface area contributed by atoms with Gasteiger partial charge in [0.1, 0.15) is 0 Å². The van der Waals surface area contributed by atoms with Gasteiger partial charge < -0.3 is 10.2 Å². The monoisotopic (exact) mass is 352 g/mol. The largest absolute Gasteiger partial charge is 0.312 e. The first-order valence-corrected chi connectivity index (χ1v) is 7.91. The Kier molecular flexibility index (Phi) is 3.61. The van der Waals surface area contributed by atoms with Gasteiger partial charge in [-0.2, -0.15) is 5.01 Å². The second kappa shape index (κ2) is 5.24. The average molecular weight is 353 g/mol. The van der Waals surface area contributed by atoms with Crippen LogP contribution in [0.5, 0.6) is 0 Å². The highest BCUT2D eigenvalue weighted by Crippen LogP contribution is 2.54. The van der Waals surface area contributed by atoms with Crippen LogP contribution in [0.3, 0.4) is 0 Å². The Bertz CT molecular complexity index is 781. The molecule has 2 heterocycles. The maximum atomic E-state index is 12.9. The van der Waals surface area contributed by atoms with E-state index < -0.39 is 10.8 Å². The second-order valence-corrected chi connectivity index (χ2v) is 6.81. The van der Waals surface area contributed by atoms with Crippen LogP contribution in [0.15, 0.2) is 23.3 Å². The molecule has 0 aliphatic carbocycles. The van der Waals surface area contributed by atoms with E-state index >= 15 is 0 Å². The quantitative estimate of drug-likeness (QED) is 0.766. The first-order valence-electron chi connectivity index (χ1n) is 6.71. The molecule has 1 atom stereocenters. The Morgan fingerprint density at radius 2 is 2.04 bits per heavy atom. The minimum absolute atomic E-state index is 0.197. The Labute approximate surface area is 141 Å². The fourth-order valence-corrected chi connectivity index (χ4v) is 4.21. The van der Waals surface area contributed by atoms with Crippen molar-refractivity contribution in [1.29, 1.82) is 0 Å². The van der Waals surface area contributed by atoms with Gasteiger partial charge >= 0.3 is 0 Å². The van der Waals surface area contributed by atoms with Crippen molar-refractivity contribution in [3.8, 4) is 0 Å². The summed E-state index contributed by atoms with van der Waals surface area (Å²) < 4.78 is 0. The lowest BCUT2D eigenvalue weighted by Crippen LogP contribution is -2.47. The molecule has 0 bridgehead atoms. The summed E-state index contributed by atoms with van der Waals surface area (Å²) in [4.78, 5) is 36.4. The number of amidine groups is 1. The number of benzene rings is 1. The number of nitrogens with zero attached hydrogens (tertiary/aromatic N) is 3. The maximum absolute atomic E-state index is 12.9. The molecule has 0 saturated heterocycles. The number of thioether (sulfide) groups is 1. The van der Waals surface area contributed by atoms with Crippen molar-refractivity contribution in [2.45, 2.75) is 18.7 Å². The molecule has 0 saturated carbocycles. The number of hydrogen-bond acceptors (Lipinski definition) is 5. The SMILES string of the molecule is CC(=O)NC1=NN(C(C)=O)C2(S1)C(=O)N(C)c1ccc(Cl)cc12. The molecule has 1 spiro atoms. The lowest BCUT2D eigenvalue weighted by Gasteiger charge is -2.29. The van der Waals surface area contributed by atoms with Gasteiger partial charge in [0, 0.05) is 31.5 Å². The van der Waals surface area contributed by atoms with E-state index in [0.29, 0.717) is 16.3 Å². The number of amides is 3. The lowest BCUT2D eigenvalue weighted by molar-refractivity contribution is -0.139. The molecule has 9 heteroatoms. The average Bonchev–Trinajstić information content (AvgIpc) is 2.93. The second-order valence-electron chi connectivity index (χ2n) is 5.19. The minimum atomic E-state index is -1.38. The van der Waals surface area contributed by atoms with Crippen molar-refractivity contribution in [3.63, 3.8) is 0 Å². The molecule has 1 unspecified atom stereocenters. The number of carbonyl (C=O) groups is 3. The first kappa shape index (κ1) is 15.8. The number of likely N-dealkylation sites (N-methyl/N-ethyl adjacent to an activating group) is 1. The summed E-state index contributed by atoms with van der Waals surface area (Å²) in [5.41, 5.74) is 1.22. The molecule has 1 aromatic carbocycles. The molecular weight excluding hydrogens is 340 g/mol. The van der Waals surface area contributed by atoms with E-state index in [2.05, 4.69) is 10.4 Å². The molecule has 3 rings (SSSR count). The molecule has 1 aromatic rings. The highest BCUT2D eigenvalue weighted by Gasteiger charge is 2.60. The fourth-order valence-electron chi connectivity index (χ4n) is 2.69. The number of carbonyl (C=O) groups excluding carboxylic acids is 3. The van der Waals surface area contributed by atoms with Crippen molar-refractivity contribution in [1.82, 2.24) is 10.3 Å². The van der Waals surface area contributed by atoms with Crippen LogP contribution in [0.25, 0.3) is 0 Å². The number of nitrogens with one attached hydrogen (secondary N) is 1. The lowest BCUT2D eigenvalue weighted by atomic mass is 10.1. The Hall–Kier alpha value is -2.06. The van der Waals surface area contributed by atoms with Gasteiger partial charge in [-0.05, 0) is 30.0 Å². The van der Waals surface area contributed by atoms with Crippen LogP contribution in [0.1, 0.15) is 19.4 Å². The molecule has 1 N–H and O–H groups in total. The van der Waals surface area contributed by atoms with E-state index in [0.717, 1.165) is 16.8 Å². The number of anilines is 1. The summed E-state index contributed by atoms with van der Waals surface area (Å²) in [5.74, 6) is -1.06. The predicted octanol–water partition coefficient (Wildman–Crippen LogP) is 1.47. The first-order chi connectivity index (χ1) is 10.8. The van der Waals surface area contributed by atoms with E-state index in [4.69, 9.17) is 11.6 Å². The number of hydrazone groups is 1. The molecule has 2 aliphatic rings. The van der Waals surface area contributed by atoms with Crippen molar-refractivity contribution in [2.75, 3.05) is 11.9 Å². The third-order valence-corrected chi connectivity index (χ3v) is 5.07. The summed E-state index contributed by atoms with van der Waals surface area (Å²) >= 11 is 7.10. The van der Waals surface area contributed by atoms with Crippen LogP contribution < -0.4 is 10.2 Å². The number of hydrogen-bond donors (Lipinski definition) is 1. The van der Waals surface area contributed by atoms with Crippen LogP contribution in [-0.2, 0) is 19.3 Å². The van der Waals surface area contributed by atoms with E-state index in [-0.39, 0.29) is 17.0 Å². The zero-order chi connectivity index (χ0) is 16.9. The standard InChI is InChI=1S/C14H13ClN4O3S/c1-7(20)16-13-17-19(8(2)21)14(23-13)10-6-9(15)4-5-11(10)18(3)12(14)22/h4-6H,1-3H3,(H,16,17,20). The smallest absolute Gasteiger partial charge is 0.270 e. The molecule has 2 aliphatic heterocycles. The third-order valence-electron chi connectivity index (χ3n) is 3.59. The fraction of sp³-hybridized carbons (Fsp3) is 0.286. The maximum Gasteiger partial charge on any atom is 0.270 e. The Morgan fingerprint density at radius 1 is 1.35 bits per heavy atom. The molecule has 0 radical (unpaired) electrons. The summed E-state index contributed by atoms with van der Waals surface area (Å²) in [7, 11) is 1.62. The van der Waals surface area contributed by atoms with Crippen LogP contribution in [0.4, 0.5) is 5.69 Å². The van der Waals surface area contributed by atoms with Crippen molar-refractivity contribution >= 4 is 51.9 Å². The number of halogens is 1. The van der Waals surface area contributed by atoms with Gasteiger partial charge in [0.25, 0.3) is 5.91 Å². The summed E-state index contributed by atoms with van der Waals surface area (Å²) in [5, 5.41) is 8.40. The van der Waals surface area contributed by atoms with Gasteiger partial charge in [-0.1, -0.05) is 11.6 Å². The highest BCUT2D eigenvalue weighted by molar-refractivity contribution is 8.15. The van der Waals surface area contributed by atoms with Gasteiger partial charge in [-0.3, -0.25) is 14.4 Å². The van der Waals surface area contributed by atoms with Gasteiger partial charge in [0.15, 0.2) is 5.17 Å². The van der Waals surface area contributed by atoms with Crippen LogP contribution >= 0.6 is 23.4 Å². The van der Waals surface area contributed by atoms with Crippen molar-refractivity contribution in [2.24, 2.45) is 5.10 Å². The topological polar surface area (TPSA) is 82.1 Å². The van der Waals surface area contributed by atoms with Gasteiger partial charge in [0.2, 0.25) is 16.7 Å². The van der Waals surface area contributed by atoms with Crippen LogP contribution in [0, 0.1) is 0 Å². The summed E-state index contributed by atoms with van der Waals surface area (Å²) in [6, 6.07) is 5.05. The van der Waals surface area contributed by atoms with E-state index in [1.54, 1.807) is 25.2 Å². The number of rotatable bonds is 0. The Balaban J connectivity index is 2.18. The van der Waals surface area contributed by atoms with Gasteiger partial charge in [0.05, 0.1) is 5.69 Å². The molecular formula is C14H13ClN4O3S. The summed E-state index contributed by atoms with van der Waals surface area (Å²) in [6.07, 6.45) is 0. The third kappa shape index (κ3) is 2.21. The van der Waals surface area contributed by atoms with Crippen LogP contribution in [-0.4, -0.2) is 34.9 Å². The molecule has 120 valence electrons. The zero-order valence-corrected chi connectivity index (χ0v) is 14.2. The Morgan fingerprint density at radius 3 is 2.65 bits per heavy atom. The minimum Gasteiger partial charge on any atom is -0.312 e. The number of fused-ring (bicyclic) bond motifs is 2. The van der Waals surface area contributed by atoms with Gasteiger partial charge in [-0.15, -0.1) is 5.10 Å². The van der Waals surface area contributed by atoms with Gasteiger partial charge in [-0.25, -0.2) is 0 Å². The molecule has 7 nitrogen and oxygen atoms in total. The van der Waals surface area contributed by atoms with Crippen LogP contribution in [0.2, 0.25) is 5.02 Å². The van der Waals surface area contributed by atoms with E-state index in [1.165, 1.54) is 18.7 Å². The normalized spacial score (nSPS) is 22.4. The van der Waals surface area contributed by atoms with E-state index in [1.807, 2.05) is 0 Å². The molecule has 23 heavy (non-hydrogen) atoms. The molecule has 3 amide bonds. The predicted molar refractivity (Wildman–Crippen MR) is 87.9 cm³/mol. The summed E-state index contributed by atoms with van der Waals surface area (Å²) in [6.45, 7) is 2.65. The van der Waals surface area contributed by atoms with Crippen molar-refractivity contribution < 1.29 is 14.4 Å². The zero-order valence-electron chi connectivity index (χ0n) is 12.6. The molecule has 0 fully saturated rings. The van der Waals surface area contributed by atoms with E-state index in [9.17, 15) is 14.4 Å². The highest BCUT2D eigenvalue weighted by atomic mass is 35.5.